The van der Waals surface area contributed by atoms with Gasteiger partial charge >= 0.3 is 0 Å². The summed E-state index contributed by atoms with van der Waals surface area (Å²) in [4.78, 5) is 0. The number of benzene rings is 1. The minimum absolute atomic E-state index is 0.505. The quantitative estimate of drug-likeness (QED) is 0.845. The summed E-state index contributed by atoms with van der Waals surface area (Å²) in [7, 11) is 0. The summed E-state index contributed by atoms with van der Waals surface area (Å²) in [6.07, 6.45) is 1.60. The van der Waals surface area contributed by atoms with Gasteiger partial charge in [-0.25, -0.2) is 0 Å². The van der Waals surface area contributed by atoms with E-state index in [1.54, 1.807) is 0 Å². The van der Waals surface area contributed by atoms with Crippen molar-refractivity contribution in [3.63, 3.8) is 0 Å². The molecule has 1 aromatic carbocycles. The van der Waals surface area contributed by atoms with Crippen LogP contribution in [0.5, 0.6) is 5.75 Å². The molecule has 5 nitrogen and oxygen atoms in total. The zero-order valence-corrected chi connectivity index (χ0v) is 10.4. The van der Waals surface area contributed by atoms with E-state index >= 15 is 0 Å². The molecule has 0 spiro atoms. The fourth-order valence-corrected chi connectivity index (χ4v) is 1.51. The van der Waals surface area contributed by atoms with Crippen molar-refractivity contribution in [3.05, 3.63) is 30.2 Å². The zero-order valence-electron chi connectivity index (χ0n) is 10.4. The molecule has 0 bridgehead atoms. The lowest BCUT2D eigenvalue weighted by Crippen LogP contribution is -2.02. The van der Waals surface area contributed by atoms with Crippen molar-refractivity contribution >= 4 is 0 Å². The first-order valence-electron chi connectivity index (χ1n) is 6.09. The van der Waals surface area contributed by atoms with Gasteiger partial charge in [-0.2, -0.15) is 0 Å². The largest absolute Gasteiger partial charge is 0.494 e. The van der Waals surface area contributed by atoms with E-state index in [1.807, 2.05) is 24.3 Å². The van der Waals surface area contributed by atoms with E-state index in [0.29, 0.717) is 24.7 Å². The fourth-order valence-electron chi connectivity index (χ4n) is 1.51. The molecule has 0 aliphatic heterocycles. The Balaban J connectivity index is 2.07. The molecule has 0 fully saturated rings. The van der Waals surface area contributed by atoms with Crippen molar-refractivity contribution < 1.29 is 9.15 Å². The Morgan fingerprint density at radius 2 is 2.00 bits per heavy atom. The predicted molar refractivity (Wildman–Crippen MR) is 68.3 cm³/mol. The highest BCUT2D eigenvalue weighted by atomic mass is 16.5. The molecule has 0 radical (unpaired) electrons. The Morgan fingerprint density at radius 1 is 1.22 bits per heavy atom. The molecular weight excluding hydrogens is 230 g/mol. The van der Waals surface area contributed by atoms with Crippen LogP contribution in [0.2, 0.25) is 0 Å². The van der Waals surface area contributed by atoms with E-state index in [0.717, 1.165) is 24.3 Å². The Labute approximate surface area is 106 Å². The maximum absolute atomic E-state index is 5.51. The van der Waals surface area contributed by atoms with Gasteiger partial charge in [0.1, 0.15) is 5.75 Å². The molecule has 0 aliphatic rings. The van der Waals surface area contributed by atoms with Gasteiger partial charge in [-0.05, 0) is 30.7 Å². The highest BCUT2D eigenvalue weighted by molar-refractivity contribution is 5.53. The van der Waals surface area contributed by atoms with Crippen molar-refractivity contribution in [2.45, 2.75) is 19.8 Å². The average Bonchev–Trinajstić information content (AvgIpc) is 2.86. The molecule has 96 valence electrons. The summed E-state index contributed by atoms with van der Waals surface area (Å²) in [5.41, 5.74) is 6.31. The highest BCUT2D eigenvalue weighted by Crippen LogP contribution is 2.21. The minimum Gasteiger partial charge on any atom is -0.494 e. The maximum Gasteiger partial charge on any atom is 0.247 e. The van der Waals surface area contributed by atoms with Gasteiger partial charge in [0.15, 0.2) is 0 Å². The van der Waals surface area contributed by atoms with E-state index in [4.69, 9.17) is 14.9 Å². The van der Waals surface area contributed by atoms with E-state index < -0.39 is 0 Å². The Bertz CT molecular complexity index is 479. The summed E-state index contributed by atoms with van der Waals surface area (Å²) >= 11 is 0. The summed E-state index contributed by atoms with van der Waals surface area (Å²) in [5.74, 6) is 1.93. The SMILES string of the molecule is CCCOc1ccc(-c2nnc(CCN)o2)cc1. The van der Waals surface area contributed by atoms with Crippen LogP contribution in [0.3, 0.4) is 0 Å². The summed E-state index contributed by atoms with van der Waals surface area (Å²) in [5, 5.41) is 7.91. The van der Waals surface area contributed by atoms with Gasteiger partial charge in [0.25, 0.3) is 0 Å². The van der Waals surface area contributed by atoms with Crippen LogP contribution in [0.15, 0.2) is 28.7 Å². The maximum atomic E-state index is 5.51. The monoisotopic (exact) mass is 247 g/mol. The molecule has 0 saturated heterocycles. The summed E-state index contributed by atoms with van der Waals surface area (Å²) in [6.45, 7) is 3.30. The van der Waals surface area contributed by atoms with Crippen LogP contribution in [0.1, 0.15) is 19.2 Å². The van der Waals surface area contributed by atoms with E-state index in [2.05, 4.69) is 17.1 Å². The Morgan fingerprint density at radius 3 is 2.67 bits per heavy atom. The van der Waals surface area contributed by atoms with Gasteiger partial charge in [-0.15, -0.1) is 10.2 Å². The fraction of sp³-hybridized carbons (Fsp3) is 0.385. The molecule has 0 saturated carbocycles. The summed E-state index contributed by atoms with van der Waals surface area (Å²) < 4.78 is 11.0. The third-order valence-corrected chi connectivity index (χ3v) is 2.40. The second kappa shape index (κ2) is 6.16. The number of nitrogens with two attached hydrogens (primary N) is 1. The third kappa shape index (κ3) is 3.07. The van der Waals surface area contributed by atoms with Crippen LogP contribution < -0.4 is 10.5 Å². The number of aromatic nitrogens is 2. The second-order valence-corrected chi connectivity index (χ2v) is 3.91. The van der Waals surface area contributed by atoms with Crippen LogP contribution in [-0.4, -0.2) is 23.3 Å². The molecule has 1 heterocycles. The number of ether oxygens (including phenoxy) is 1. The van der Waals surface area contributed by atoms with Crippen molar-refractivity contribution in [1.29, 1.82) is 0 Å². The van der Waals surface area contributed by atoms with Crippen molar-refractivity contribution in [1.82, 2.24) is 10.2 Å². The molecule has 18 heavy (non-hydrogen) atoms. The van der Waals surface area contributed by atoms with Crippen LogP contribution in [-0.2, 0) is 6.42 Å². The molecular formula is C13H17N3O2. The molecule has 0 amide bonds. The van der Waals surface area contributed by atoms with Crippen molar-refractivity contribution in [2.75, 3.05) is 13.2 Å². The van der Waals surface area contributed by atoms with E-state index in [9.17, 15) is 0 Å². The number of rotatable bonds is 6. The molecule has 2 N–H and O–H groups in total. The molecule has 5 heteroatoms. The first-order chi connectivity index (χ1) is 8.83. The van der Waals surface area contributed by atoms with Crippen molar-refractivity contribution in [3.8, 4) is 17.2 Å². The molecule has 0 atom stereocenters. The van der Waals surface area contributed by atoms with E-state index in [-0.39, 0.29) is 0 Å². The molecule has 1 aromatic heterocycles. The number of nitrogens with zero attached hydrogens (tertiary/aromatic N) is 2. The first-order valence-corrected chi connectivity index (χ1v) is 6.09. The second-order valence-electron chi connectivity index (χ2n) is 3.91. The standard InChI is InChI=1S/C13H17N3O2/c1-2-9-17-11-5-3-10(4-6-11)13-16-15-12(18-13)7-8-14/h3-6H,2,7-9,14H2,1H3. The number of hydrogen-bond acceptors (Lipinski definition) is 5. The van der Waals surface area contributed by atoms with Crippen LogP contribution >= 0.6 is 0 Å². The predicted octanol–water partition coefficient (Wildman–Crippen LogP) is 2.03. The average molecular weight is 247 g/mol. The van der Waals surface area contributed by atoms with Crippen LogP contribution in [0.4, 0.5) is 0 Å². The Hall–Kier alpha value is -1.88. The van der Waals surface area contributed by atoms with Gasteiger partial charge in [-0.1, -0.05) is 6.92 Å². The lowest BCUT2D eigenvalue weighted by Gasteiger charge is -2.03. The number of hydrogen-bond donors (Lipinski definition) is 1. The molecule has 2 aromatic rings. The first kappa shape index (κ1) is 12.6. The van der Waals surface area contributed by atoms with Gasteiger partial charge in [0, 0.05) is 18.5 Å². The van der Waals surface area contributed by atoms with Crippen LogP contribution in [0, 0.1) is 0 Å². The minimum atomic E-state index is 0.505. The smallest absolute Gasteiger partial charge is 0.247 e. The van der Waals surface area contributed by atoms with Crippen LogP contribution in [0.25, 0.3) is 11.5 Å². The van der Waals surface area contributed by atoms with Gasteiger partial charge in [0.2, 0.25) is 11.8 Å². The van der Waals surface area contributed by atoms with Crippen molar-refractivity contribution in [2.24, 2.45) is 5.73 Å². The topological polar surface area (TPSA) is 74.2 Å². The third-order valence-electron chi connectivity index (χ3n) is 2.40. The highest BCUT2D eigenvalue weighted by Gasteiger charge is 2.07. The normalized spacial score (nSPS) is 10.6. The van der Waals surface area contributed by atoms with Gasteiger partial charge < -0.3 is 14.9 Å². The molecule has 0 aliphatic carbocycles. The van der Waals surface area contributed by atoms with E-state index in [1.165, 1.54) is 0 Å². The zero-order chi connectivity index (χ0) is 12.8. The van der Waals surface area contributed by atoms with Gasteiger partial charge in [0.05, 0.1) is 6.61 Å². The lowest BCUT2D eigenvalue weighted by molar-refractivity contribution is 0.317. The molecule has 0 unspecified atom stereocenters. The molecule has 2 rings (SSSR count). The lowest BCUT2D eigenvalue weighted by atomic mass is 10.2. The van der Waals surface area contributed by atoms with Gasteiger partial charge in [-0.3, -0.25) is 0 Å². The summed E-state index contributed by atoms with van der Waals surface area (Å²) in [6, 6.07) is 7.62. The Kier molecular flexibility index (Phi) is 4.30.